The van der Waals surface area contributed by atoms with Crippen LogP contribution in [0.3, 0.4) is 0 Å². The van der Waals surface area contributed by atoms with Gasteiger partial charge in [0.05, 0.1) is 5.69 Å². The van der Waals surface area contributed by atoms with Gasteiger partial charge in [-0.2, -0.15) is 4.37 Å². The molecule has 4 N–H and O–H groups in total. The molecule has 1 aliphatic rings. The minimum atomic E-state index is -1.05. The van der Waals surface area contributed by atoms with Gasteiger partial charge in [-0.1, -0.05) is 61.2 Å². The Morgan fingerprint density at radius 1 is 1.05 bits per heavy atom. The second-order valence-electron chi connectivity index (χ2n) is 11.2. The number of halogens is 1. The van der Waals surface area contributed by atoms with E-state index in [0.717, 1.165) is 49.2 Å². The van der Waals surface area contributed by atoms with Crippen LogP contribution in [0, 0.1) is 6.92 Å². The highest BCUT2D eigenvalue weighted by Gasteiger charge is 2.38. The number of nitrogens with zero attached hydrogens (tertiary/aromatic N) is 2. The lowest BCUT2D eigenvalue weighted by molar-refractivity contribution is -0.123. The summed E-state index contributed by atoms with van der Waals surface area (Å²) in [6.07, 6.45) is 5.11. The number of nitrogens with two attached hydrogens (primary N) is 1. The highest BCUT2D eigenvalue weighted by Crippen LogP contribution is 2.35. The molecule has 10 heteroatoms. The molecule has 212 valence electrons. The predicted molar refractivity (Wildman–Crippen MR) is 161 cm³/mol. The summed E-state index contributed by atoms with van der Waals surface area (Å²) in [5.41, 5.74) is 7.80. The first-order valence-corrected chi connectivity index (χ1v) is 14.6. The molecule has 0 spiro atoms. The van der Waals surface area contributed by atoms with Crippen molar-refractivity contribution in [1.82, 2.24) is 15.0 Å². The molecule has 0 aliphatic heterocycles. The van der Waals surface area contributed by atoms with Crippen molar-refractivity contribution in [2.24, 2.45) is 0 Å². The molecule has 0 saturated heterocycles. The van der Waals surface area contributed by atoms with E-state index in [1.54, 1.807) is 30.3 Å². The van der Waals surface area contributed by atoms with Gasteiger partial charge in [0.2, 0.25) is 5.91 Å². The fraction of sp³-hybridized carbons (Fsp3) is 0.400. The van der Waals surface area contributed by atoms with Crippen LogP contribution < -0.4 is 21.3 Å². The number of amides is 3. The Kier molecular flexibility index (Phi) is 9.15. The fourth-order valence-electron chi connectivity index (χ4n) is 4.93. The Hall–Kier alpha value is -3.43. The van der Waals surface area contributed by atoms with Crippen molar-refractivity contribution in [2.75, 3.05) is 10.6 Å². The molecule has 2 aromatic carbocycles. The number of benzene rings is 2. The van der Waals surface area contributed by atoms with Crippen LogP contribution >= 0.6 is 23.1 Å². The van der Waals surface area contributed by atoms with Crippen molar-refractivity contribution < 1.29 is 14.4 Å². The number of hydrogen-bond donors (Lipinski definition) is 3. The van der Waals surface area contributed by atoms with E-state index in [2.05, 4.69) is 15.0 Å². The Labute approximate surface area is 244 Å². The van der Waals surface area contributed by atoms with Crippen LogP contribution in [-0.2, 0) is 4.79 Å². The smallest absolute Gasteiger partial charge is 0.273 e. The van der Waals surface area contributed by atoms with Crippen LogP contribution in [0.25, 0.3) is 0 Å². The second kappa shape index (κ2) is 12.4. The van der Waals surface area contributed by atoms with Crippen LogP contribution in [-0.4, -0.2) is 33.7 Å². The Morgan fingerprint density at radius 2 is 1.70 bits per heavy atom. The van der Waals surface area contributed by atoms with Crippen molar-refractivity contribution >= 4 is 52.2 Å². The number of rotatable bonds is 7. The van der Waals surface area contributed by atoms with E-state index in [1.165, 1.54) is 4.90 Å². The summed E-state index contributed by atoms with van der Waals surface area (Å²) in [4.78, 5) is 42.9. The van der Waals surface area contributed by atoms with E-state index < -0.39 is 17.5 Å². The zero-order valence-electron chi connectivity index (χ0n) is 23.3. The average molecular weight is 582 g/mol. The second-order valence-corrected chi connectivity index (χ2v) is 12.4. The van der Waals surface area contributed by atoms with Crippen LogP contribution in [0.1, 0.15) is 90.2 Å². The van der Waals surface area contributed by atoms with Gasteiger partial charge in [0.1, 0.15) is 10.9 Å². The zero-order chi connectivity index (χ0) is 29.0. The van der Waals surface area contributed by atoms with E-state index in [9.17, 15) is 14.4 Å². The van der Waals surface area contributed by atoms with Crippen molar-refractivity contribution in [3.8, 4) is 0 Å². The Balaban J connectivity index is 1.78. The minimum absolute atomic E-state index is 0.00739. The summed E-state index contributed by atoms with van der Waals surface area (Å²) >= 11 is 7.03. The number of hydrogen-bond acceptors (Lipinski definition) is 6. The first-order chi connectivity index (χ1) is 19.0. The van der Waals surface area contributed by atoms with Gasteiger partial charge in [-0.05, 0) is 81.4 Å². The number of para-hydroxylation sites is 1. The van der Waals surface area contributed by atoms with Crippen LogP contribution in [0.2, 0.25) is 5.02 Å². The lowest BCUT2D eigenvalue weighted by Crippen LogP contribution is -2.49. The third-order valence-corrected chi connectivity index (χ3v) is 7.96. The van der Waals surface area contributed by atoms with Gasteiger partial charge in [-0.15, -0.1) is 0 Å². The summed E-state index contributed by atoms with van der Waals surface area (Å²) in [5, 5.41) is 6.55. The van der Waals surface area contributed by atoms with Crippen LogP contribution in [0.4, 0.5) is 11.4 Å². The Bertz CT molecular complexity index is 1380. The number of nitrogen functional groups attached to an aromatic ring is 1. The molecule has 3 amide bonds. The van der Waals surface area contributed by atoms with Crippen molar-refractivity contribution in [1.29, 1.82) is 0 Å². The molecule has 40 heavy (non-hydrogen) atoms. The molecule has 3 aromatic rings. The maximum absolute atomic E-state index is 14.4. The van der Waals surface area contributed by atoms with E-state index in [1.807, 2.05) is 45.9 Å². The van der Waals surface area contributed by atoms with E-state index in [0.29, 0.717) is 16.3 Å². The maximum Gasteiger partial charge on any atom is 0.273 e. The molecule has 1 atom stereocenters. The summed E-state index contributed by atoms with van der Waals surface area (Å²) in [6.45, 7) is 7.50. The van der Waals surface area contributed by atoms with Gasteiger partial charge in [0, 0.05) is 22.3 Å². The lowest BCUT2D eigenvalue weighted by atomic mass is 9.95. The maximum atomic E-state index is 14.4. The van der Waals surface area contributed by atoms with Gasteiger partial charge >= 0.3 is 0 Å². The topological polar surface area (TPSA) is 117 Å². The third kappa shape index (κ3) is 6.82. The molecular formula is C30H36ClN5O3S. The highest BCUT2D eigenvalue weighted by atomic mass is 35.5. The Morgan fingerprint density at radius 3 is 2.33 bits per heavy atom. The van der Waals surface area contributed by atoms with Crippen LogP contribution in [0.15, 0.2) is 48.5 Å². The van der Waals surface area contributed by atoms with Gasteiger partial charge < -0.3 is 16.4 Å². The molecule has 8 nitrogen and oxygen atoms in total. The zero-order valence-corrected chi connectivity index (χ0v) is 24.9. The molecule has 1 heterocycles. The molecule has 4 rings (SSSR count). The third-order valence-electron chi connectivity index (χ3n) is 6.86. The van der Waals surface area contributed by atoms with Crippen molar-refractivity contribution in [3.05, 3.63) is 75.3 Å². The van der Waals surface area contributed by atoms with Gasteiger partial charge in [0.25, 0.3) is 11.8 Å². The number of aryl methyl sites for hydroxylation is 1. The molecule has 0 radical (unpaired) electrons. The first kappa shape index (κ1) is 29.6. The summed E-state index contributed by atoms with van der Waals surface area (Å²) in [6, 6.07) is 13.2. The minimum Gasteiger partial charge on any atom is -0.395 e. The lowest BCUT2D eigenvalue weighted by Gasteiger charge is -2.34. The first-order valence-electron chi connectivity index (χ1n) is 13.5. The van der Waals surface area contributed by atoms with Gasteiger partial charge in [-0.25, -0.2) is 0 Å². The van der Waals surface area contributed by atoms with Crippen LogP contribution in [0.5, 0.6) is 0 Å². The fourth-order valence-corrected chi connectivity index (χ4v) is 5.79. The molecule has 1 saturated carbocycles. The van der Waals surface area contributed by atoms with E-state index in [-0.39, 0.29) is 34.1 Å². The number of aromatic nitrogens is 1. The number of anilines is 2. The molecule has 1 fully saturated rings. The number of carbonyl (C=O) groups excluding carboxylic acids is 3. The summed E-state index contributed by atoms with van der Waals surface area (Å²) < 4.78 is 4.29. The summed E-state index contributed by atoms with van der Waals surface area (Å²) in [5.74, 6) is -1.28. The average Bonchev–Trinajstić information content (AvgIpc) is 3.29. The van der Waals surface area contributed by atoms with Gasteiger partial charge in [-0.3, -0.25) is 19.3 Å². The molecule has 0 bridgehead atoms. The van der Waals surface area contributed by atoms with E-state index in [4.69, 9.17) is 17.3 Å². The summed E-state index contributed by atoms with van der Waals surface area (Å²) in [7, 11) is 0. The molecule has 1 aromatic heterocycles. The van der Waals surface area contributed by atoms with Crippen molar-refractivity contribution in [2.45, 2.75) is 77.4 Å². The monoisotopic (exact) mass is 581 g/mol. The number of nitrogens with one attached hydrogen (secondary N) is 2. The van der Waals surface area contributed by atoms with Gasteiger partial charge in [0.15, 0.2) is 5.69 Å². The standard InChI is InChI=1S/C30H36ClN5O3S/c1-18-10-8-9-13-22(18)36(25(28(38)34-30(2,3)4)19-14-16-20(31)17-15-19)29(39)26-23(32)24(35-40-26)27(37)33-21-11-6-5-7-12-21/h8-10,13-17,21,25H,5-7,11-12,32H2,1-4H3,(H,33,37)(H,34,38)/t25-/m0/s1. The SMILES string of the molecule is Cc1ccccc1N(C(=O)c1snc(C(=O)NC2CCCCC2)c1N)[C@H](C(=O)NC(C)(C)C)c1ccc(Cl)cc1. The quantitative estimate of drug-likeness (QED) is 0.314. The van der Waals surface area contributed by atoms with E-state index >= 15 is 0 Å². The normalized spacial score (nSPS) is 14.8. The molecular weight excluding hydrogens is 546 g/mol. The number of carbonyl (C=O) groups is 3. The molecule has 1 aliphatic carbocycles. The van der Waals surface area contributed by atoms with Crippen molar-refractivity contribution in [3.63, 3.8) is 0 Å². The molecule has 0 unspecified atom stereocenters. The highest BCUT2D eigenvalue weighted by molar-refractivity contribution is 7.09. The largest absolute Gasteiger partial charge is 0.395 e. The predicted octanol–water partition coefficient (Wildman–Crippen LogP) is 6.05.